The molecule has 0 radical (unpaired) electrons. The molecule has 0 spiro atoms. The van der Waals surface area contributed by atoms with Crippen LogP contribution in [-0.4, -0.2) is 17.2 Å². The first-order valence-corrected chi connectivity index (χ1v) is 2.77. The van der Waals surface area contributed by atoms with Gasteiger partial charge in [-0.3, -0.25) is 4.79 Å². The van der Waals surface area contributed by atoms with E-state index in [-0.39, 0.29) is 24.3 Å². The summed E-state index contributed by atoms with van der Waals surface area (Å²) < 4.78 is 4.68. The molecule has 1 N–H and O–H groups in total. The van der Waals surface area contributed by atoms with E-state index in [1.54, 1.807) is 6.92 Å². The minimum absolute atomic E-state index is 0.0182. The number of esters is 1. The number of hydrogen-bond acceptors (Lipinski definition) is 3. The number of hydrogen-bond donors (Lipinski definition) is 1. The summed E-state index contributed by atoms with van der Waals surface area (Å²) in [4.78, 5) is 10.5. The second kappa shape index (κ2) is 2.09. The number of ether oxygens (including phenoxy) is 1. The number of aliphatic hydroxyl groups is 1. The Morgan fingerprint density at radius 3 is 3.00 bits per heavy atom. The third-order valence-corrected chi connectivity index (χ3v) is 1.07. The Kier molecular flexibility index (Phi) is 1.42. The molecule has 0 aliphatic carbocycles. The van der Waals surface area contributed by atoms with E-state index in [4.69, 9.17) is 5.11 Å². The van der Waals surface area contributed by atoms with Gasteiger partial charge in [-0.2, -0.15) is 0 Å². The van der Waals surface area contributed by atoms with Crippen LogP contribution in [0, 0.1) is 0 Å². The SMILES string of the molecule is CC1C=C(O)CC(=O)O1. The molecule has 0 saturated heterocycles. The molecule has 0 saturated carbocycles. The molecule has 1 heterocycles. The second-order valence-corrected chi connectivity index (χ2v) is 2.03. The standard InChI is InChI=1S/C6H8O3/c1-4-2-5(7)3-6(8)9-4/h2,4,7H,3H2,1H3. The van der Waals surface area contributed by atoms with Gasteiger partial charge in [-0.15, -0.1) is 0 Å². The number of cyclic esters (lactones) is 1. The fourth-order valence-corrected chi connectivity index (χ4v) is 0.761. The van der Waals surface area contributed by atoms with Gasteiger partial charge in [0.2, 0.25) is 0 Å². The van der Waals surface area contributed by atoms with Crippen molar-refractivity contribution in [2.75, 3.05) is 0 Å². The van der Waals surface area contributed by atoms with E-state index >= 15 is 0 Å². The Morgan fingerprint density at radius 1 is 1.89 bits per heavy atom. The van der Waals surface area contributed by atoms with E-state index in [1.807, 2.05) is 0 Å². The summed E-state index contributed by atoms with van der Waals surface area (Å²) in [6.07, 6.45) is 1.26. The summed E-state index contributed by atoms with van der Waals surface area (Å²) in [7, 11) is 0. The summed E-state index contributed by atoms with van der Waals surface area (Å²) in [6.45, 7) is 1.70. The van der Waals surface area contributed by atoms with Crippen LogP contribution in [0.2, 0.25) is 0 Å². The average molecular weight is 128 g/mol. The van der Waals surface area contributed by atoms with Crippen molar-refractivity contribution in [3.8, 4) is 0 Å². The molecule has 1 aliphatic rings. The van der Waals surface area contributed by atoms with Gasteiger partial charge in [0.05, 0.1) is 0 Å². The van der Waals surface area contributed by atoms with Gasteiger partial charge >= 0.3 is 5.97 Å². The molecule has 0 aromatic carbocycles. The van der Waals surface area contributed by atoms with Gasteiger partial charge in [-0.05, 0) is 13.0 Å². The van der Waals surface area contributed by atoms with E-state index in [1.165, 1.54) is 6.08 Å². The smallest absolute Gasteiger partial charge is 0.314 e. The highest BCUT2D eigenvalue weighted by atomic mass is 16.5. The van der Waals surface area contributed by atoms with Gasteiger partial charge in [0.25, 0.3) is 0 Å². The predicted octanol–water partition coefficient (Wildman–Crippen LogP) is 0.764. The first-order valence-electron chi connectivity index (χ1n) is 2.77. The van der Waals surface area contributed by atoms with E-state index < -0.39 is 0 Å². The summed E-state index contributed by atoms with van der Waals surface area (Å²) in [5.74, 6) is -0.249. The highest BCUT2D eigenvalue weighted by molar-refractivity contribution is 5.73. The lowest BCUT2D eigenvalue weighted by molar-refractivity contribution is -0.147. The van der Waals surface area contributed by atoms with Crippen LogP contribution in [0.15, 0.2) is 11.8 Å². The summed E-state index contributed by atoms with van der Waals surface area (Å²) >= 11 is 0. The van der Waals surface area contributed by atoms with Crippen molar-refractivity contribution in [2.24, 2.45) is 0 Å². The fraction of sp³-hybridized carbons (Fsp3) is 0.500. The third-order valence-electron chi connectivity index (χ3n) is 1.07. The summed E-state index contributed by atoms with van der Waals surface area (Å²) in [6, 6.07) is 0. The Labute approximate surface area is 52.9 Å². The van der Waals surface area contributed by atoms with Crippen molar-refractivity contribution >= 4 is 5.97 Å². The molecular weight excluding hydrogens is 120 g/mol. The van der Waals surface area contributed by atoms with Gasteiger partial charge in [-0.25, -0.2) is 0 Å². The van der Waals surface area contributed by atoms with Gasteiger partial charge in [0, 0.05) is 0 Å². The Balaban J connectivity index is 2.67. The van der Waals surface area contributed by atoms with Crippen molar-refractivity contribution in [3.63, 3.8) is 0 Å². The molecule has 0 fully saturated rings. The number of rotatable bonds is 0. The largest absolute Gasteiger partial charge is 0.512 e. The van der Waals surface area contributed by atoms with Crippen LogP contribution in [0.5, 0.6) is 0 Å². The number of aliphatic hydroxyl groups excluding tert-OH is 1. The zero-order valence-corrected chi connectivity index (χ0v) is 5.13. The third kappa shape index (κ3) is 1.45. The van der Waals surface area contributed by atoms with Crippen LogP contribution in [0.3, 0.4) is 0 Å². The van der Waals surface area contributed by atoms with Crippen molar-refractivity contribution in [2.45, 2.75) is 19.4 Å². The van der Waals surface area contributed by atoms with E-state index in [2.05, 4.69) is 4.74 Å². The molecule has 3 nitrogen and oxygen atoms in total. The van der Waals surface area contributed by atoms with Gasteiger partial charge in [0.15, 0.2) is 0 Å². The fourth-order valence-electron chi connectivity index (χ4n) is 0.761. The van der Waals surface area contributed by atoms with E-state index in [0.717, 1.165) is 0 Å². The molecule has 1 rings (SSSR count). The van der Waals surface area contributed by atoms with Gasteiger partial charge in [0.1, 0.15) is 18.3 Å². The zero-order chi connectivity index (χ0) is 6.85. The normalized spacial score (nSPS) is 27.0. The van der Waals surface area contributed by atoms with Gasteiger partial charge in [-0.1, -0.05) is 0 Å². The lowest BCUT2D eigenvalue weighted by Crippen LogP contribution is -2.18. The van der Waals surface area contributed by atoms with E-state index in [0.29, 0.717) is 0 Å². The monoisotopic (exact) mass is 128 g/mol. The topological polar surface area (TPSA) is 46.5 Å². The lowest BCUT2D eigenvalue weighted by Gasteiger charge is -2.14. The maximum Gasteiger partial charge on any atom is 0.314 e. The first-order chi connectivity index (χ1) is 4.18. The van der Waals surface area contributed by atoms with Gasteiger partial charge < -0.3 is 9.84 Å². The molecule has 0 aromatic rings. The molecule has 9 heavy (non-hydrogen) atoms. The molecule has 0 bridgehead atoms. The number of carbonyl (C=O) groups excluding carboxylic acids is 1. The first kappa shape index (κ1) is 6.13. The van der Waals surface area contributed by atoms with Crippen LogP contribution >= 0.6 is 0 Å². The van der Waals surface area contributed by atoms with Crippen LogP contribution in [0.1, 0.15) is 13.3 Å². The maximum absolute atomic E-state index is 10.5. The van der Waals surface area contributed by atoms with Crippen molar-refractivity contribution in [1.29, 1.82) is 0 Å². The average Bonchev–Trinajstić information content (AvgIpc) is 1.59. The lowest BCUT2D eigenvalue weighted by atomic mass is 10.2. The molecule has 1 atom stereocenters. The second-order valence-electron chi connectivity index (χ2n) is 2.03. The number of carbonyl (C=O) groups is 1. The van der Waals surface area contributed by atoms with Crippen molar-refractivity contribution in [3.05, 3.63) is 11.8 Å². The Bertz CT molecular complexity index is 160. The molecule has 1 aliphatic heterocycles. The molecule has 0 aromatic heterocycles. The highest BCUT2D eigenvalue weighted by Crippen LogP contribution is 2.10. The zero-order valence-electron chi connectivity index (χ0n) is 5.13. The van der Waals surface area contributed by atoms with E-state index in [9.17, 15) is 4.79 Å². The summed E-state index contributed by atoms with van der Waals surface area (Å²) in [5, 5.41) is 8.81. The molecular formula is C6H8O3. The molecule has 1 unspecified atom stereocenters. The minimum Gasteiger partial charge on any atom is -0.512 e. The maximum atomic E-state index is 10.5. The molecule has 0 amide bonds. The molecule has 3 heteroatoms. The Morgan fingerprint density at radius 2 is 2.56 bits per heavy atom. The van der Waals surface area contributed by atoms with Crippen LogP contribution in [0.25, 0.3) is 0 Å². The van der Waals surface area contributed by atoms with Crippen molar-refractivity contribution < 1.29 is 14.6 Å². The Hall–Kier alpha value is -0.990. The molecule has 50 valence electrons. The van der Waals surface area contributed by atoms with Crippen LogP contribution < -0.4 is 0 Å². The van der Waals surface area contributed by atoms with Crippen LogP contribution in [-0.2, 0) is 9.53 Å². The predicted molar refractivity (Wildman–Crippen MR) is 30.9 cm³/mol. The quantitative estimate of drug-likeness (QED) is 0.490. The van der Waals surface area contributed by atoms with Crippen molar-refractivity contribution in [1.82, 2.24) is 0 Å². The van der Waals surface area contributed by atoms with Crippen LogP contribution in [0.4, 0.5) is 0 Å². The summed E-state index contributed by atoms with van der Waals surface area (Å²) in [5.41, 5.74) is 0. The highest BCUT2D eigenvalue weighted by Gasteiger charge is 2.15. The minimum atomic E-state index is -0.359.